The van der Waals surface area contributed by atoms with Crippen LogP contribution in [0.1, 0.15) is 11.1 Å². The monoisotopic (exact) mass is 270 g/mol. The van der Waals surface area contributed by atoms with E-state index in [0.717, 1.165) is 0 Å². The molecule has 0 aliphatic heterocycles. The van der Waals surface area contributed by atoms with E-state index in [0.29, 0.717) is 11.1 Å². The molecule has 0 unspecified atom stereocenters. The second-order valence-corrected chi connectivity index (χ2v) is 4.30. The van der Waals surface area contributed by atoms with Gasteiger partial charge in [0.15, 0.2) is 5.78 Å². The maximum atomic E-state index is 12.8. The molecule has 3 heteroatoms. The van der Waals surface area contributed by atoms with Crippen molar-refractivity contribution in [2.24, 2.45) is 0 Å². The van der Waals surface area contributed by atoms with Crippen molar-refractivity contribution < 1.29 is 13.6 Å². The summed E-state index contributed by atoms with van der Waals surface area (Å²) in [6.45, 7) is 7.42. The van der Waals surface area contributed by atoms with E-state index in [9.17, 15) is 13.6 Å². The maximum Gasteiger partial charge on any atom is 0.193 e. The van der Waals surface area contributed by atoms with Gasteiger partial charge in [-0.05, 0) is 35.4 Å². The van der Waals surface area contributed by atoms with Crippen LogP contribution >= 0.6 is 0 Å². The van der Waals surface area contributed by atoms with Crippen LogP contribution in [-0.2, 0) is 4.79 Å². The van der Waals surface area contributed by atoms with Gasteiger partial charge in [0.1, 0.15) is 11.6 Å². The van der Waals surface area contributed by atoms with E-state index in [-0.39, 0.29) is 28.6 Å². The number of carbonyl (C=O) groups excluding carboxylic acids is 1. The molecule has 100 valence electrons. The highest BCUT2D eigenvalue weighted by Crippen LogP contribution is 2.23. The zero-order valence-corrected chi connectivity index (χ0v) is 10.7. The second kappa shape index (κ2) is 5.61. The third kappa shape index (κ3) is 2.88. The van der Waals surface area contributed by atoms with E-state index in [1.165, 1.54) is 48.5 Å². The molecular weight excluding hydrogens is 258 g/mol. The molecule has 0 saturated carbocycles. The van der Waals surface area contributed by atoms with E-state index in [1.807, 2.05) is 0 Å². The van der Waals surface area contributed by atoms with Gasteiger partial charge in [-0.2, -0.15) is 0 Å². The Morgan fingerprint density at radius 2 is 1.00 bits per heavy atom. The molecule has 0 saturated heterocycles. The Hall–Kier alpha value is -2.55. The van der Waals surface area contributed by atoms with Crippen molar-refractivity contribution in [2.75, 3.05) is 0 Å². The average molecular weight is 270 g/mol. The summed E-state index contributed by atoms with van der Waals surface area (Å²) in [7, 11) is 0. The molecule has 0 amide bonds. The summed E-state index contributed by atoms with van der Waals surface area (Å²) in [5, 5.41) is 0. The van der Waals surface area contributed by atoms with Crippen molar-refractivity contribution in [2.45, 2.75) is 0 Å². The van der Waals surface area contributed by atoms with Crippen molar-refractivity contribution in [1.82, 2.24) is 0 Å². The molecule has 0 fully saturated rings. The summed E-state index contributed by atoms with van der Waals surface area (Å²) in [6, 6.07) is 11.0. The second-order valence-electron chi connectivity index (χ2n) is 4.30. The molecule has 0 aliphatic rings. The molecule has 0 N–H and O–H groups in total. The summed E-state index contributed by atoms with van der Waals surface area (Å²) < 4.78 is 25.7. The first-order chi connectivity index (χ1) is 9.49. The van der Waals surface area contributed by atoms with Crippen LogP contribution in [0.5, 0.6) is 0 Å². The molecular formula is C17H12F2O. The number of Topliss-reactive ketones (excluding diaryl/α,β-unsaturated/α-hetero) is 1. The Morgan fingerprint density at radius 3 is 1.30 bits per heavy atom. The third-order valence-electron chi connectivity index (χ3n) is 2.93. The quantitative estimate of drug-likeness (QED) is 0.759. The van der Waals surface area contributed by atoms with Gasteiger partial charge in [0, 0.05) is 11.1 Å². The average Bonchev–Trinajstić information content (AvgIpc) is 2.46. The van der Waals surface area contributed by atoms with E-state index in [1.54, 1.807) is 0 Å². The molecule has 2 aromatic carbocycles. The molecule has 2 rings (SSSR count). The van der Waals surface area contributed by atoms with Crippen LogP contribution in [0.2, 0.25) is 0 Å². The van der Waals surface area contributed by atoms with E-state index >= 15 is 0 Å². The molecule has 1 nitrogen and oxygen atoms in total. The van der Waals surface area contributed by atoms with Gasteiger partial charge in [-0.1, -0.05) is 37.4 Å². The first-order valence-electron chi connectivity index (χ1n) is 5.93. The molecule has 2 aromatic rings. The number of allylic oxidation sites excluding steroid dienone is 2. The van der Waals surface area contributed by atoms with Crippen molar-refractivity contribution in [3.05, 3.63) is 84.5 Å². The number of ketones is 1. The largest absolute Gasteiger partial charge is 0.289 e. The molecule has 0 spiro atoms. The van der Waals surface area contributed by atoms with Crippen LogP contribution in [0.3, 0.4) is 0 Å². The highest BCUT2D eigenvalue weighted by atomic mass is 19.1. The molecule has 0 bridgehead atoms. The Labute approximate surface area is 115 Å². The number of carbonyl (C=O) groups is 1. The maximum absolute atomic E-state index is 12.8. The van der Waals surface area contributed by atoms with Gasteiger partial charge in [0.05, 0.1) is 0 Å². The summed E-state index contributed by atoms with van der Waals surface area (Å²) >= 11 is 0. The van der Waals surface area contributed by atoms with Crippen LogP contribution < -0.4 is 0 Å². The first kappa shape index (κ1) is 13.9. The molecule has 0 heterocycles. The highest BCUT2D eigenvalue weighted by molar-refractivity contribution is 6.41. The lowest BCUT2D eigenvalue weighted by Gasteiger charge is -2.08. The fourth-order valence-corrected chi connectivity index (χ4v) is 1.75. The number of hydrogen-bond acceptors (Lipinski definition) is 1. The Kier molecular flexibility index (Phi) is 3.89. The Bertz CT molecular complexity index is 608. The first-order valence-corrected chi connectivity index (χ1v) is 5.93. The van der Waals surface area contributed by atoms with Gasteiger partial charge in [-0.25, -0.2) is 8.78 Å². The summed E-state index contributed by atoms with van der Waals surface area (Å²) in [5.74, 6) is -1.12. The predicted molar refractivity (Wildman–Crippen MR) is 75.9 cm³/mol. The minimum absolute atomic E-state index is 0.222. The standard InChI is InChI=1S/C17H12F2O/c1-11(13-3-7-15(18)8-4-13)17(20)12(2)14-5-9-16(19)10-6-14/h3-10H,1-2H2. The van der Waals surface area contributed by atoms with Crippen LogP contribution in [0.4, 0.5) is 8.78 Å². The predicted octanol–water partition coefficient (Wildman–Crippen LogP) is 4.26. The van der Waals surface area contributed by atoms with Gasteiger partial charge in [0.25, 0.3) is 0 Å². The Balaban J connectivity index is 2.22. The topological polar surface area (TPSA) is 17.1 Å². The van der Waals surface area contributed by atoms with Crippen molar-refractivity contribution >= 4 is 16.9 Å². The van der Waals surface area contributed by atoms with E-state index in [4.69, 9.17) is 0 Å². The summed E-state index contributed by atoms with van der Waals surface area (Å²) in [6.07, 6.45) is 0. The fourth-order valence-electron chi connectivity index (χ4n) is 1.75. The van der Waals surface area contributed by atoms with Gasteiger partial charge in [-0.15, -0.1) is 0 Å². The zero-order valence-electron chi connectivity index (χ0n) is 10.7. The van der Waals surface area contributed by atoms with Crippen LogP contribution in [0.15, 0.2) is 61.7 Å². The molecule has 0 aliphatic carbocycles. The lowest BCUT2D eigenvalue weighted by atomic mass is 9.95. The van der Waals surface area contributed by atoms with Gasteiger partial charge in [-0.3, -0.25) is 4.79 Å². The van der Waals surface area contributed by atoms with Gasteiger partial charge >= 0.3 is 0 Å². The summed E-state index contributed by atoms with van der Waals surface area (Å²) in [4.78, 5) is 12.2. The highest BCUT2D eigenvalue weighted by Gasteiger charge is 2.15. The normalized spacial score (nSPS) is 10.1. The number of hydrogen-bond donors (Lipinski definition) is 0. The minimum atomic E-state index is -0.383. The van der Waals surface area contributed by atoms with Crippen molar-refractivity contribution in [3.8, 4) is 0 Å². The SMILES string of the molecule is C=C(C(=O)C(=C)c1ccc(F)cc1)c1ccc(F)cc1. The molecule has 0 atom stereocenters. The third-order valence-corrected chi connectivity index (χ3v) is 2.93. The lowest BCUT2D eigenvalue weighted by molar-refractivity contribution is -0.108. The molecule has 0 radical (unpaired) electrons. The molecule has 0 aromatic heterocycles. The Morgan fingerprint density at radius 1 is 0.700 bits per heavy atom. The fraction of sp³-hybridized carbons (Fsp3) is 0. The number of rotatable bonds is 4. The lowest BCUT2D eigenvalue weighted by Crippen LogP contribution is -2.03. The number of benzene rings is 2. The summed E-state index contributed by atoms with van der Waals surface area (Å²) in [5.41, 5.74) is 1.50. The van der Waals surface area contributed by atoms with E-state index < -0.39 is 0 Å². The number of halogens is 2. The zero-order chi connectivity index (χ0) is 14.7. The van der Waals surface area contributed by atoms with Crippen LogP contribution in [-0.4, -0.2) is 5.78 Å². The van der Waals surface area contributed by atoms with Crippen molar-refractivity contribution in [3.63, 3.8) is 0 Å². The van der Waals surface area contributed by atoms with Crippen molar-refractivity contribution in [1.29, 1.82) is 0 Å². The van der Waals surface area contributed by atoms with Crippen LogP contribution in [0.25, 0.3) is 11.1 Å². The van der Waals surface area contributed by atoms with Gasteiger partial charge in [0.2, 0.25) is 0 Å². The van der Waals surface area contributed by atoms with Gasteiger partial charge < -0.3 is 0 Å². The van der Waals surface area contributed by atoms with E-state index in [2.05, 4.69) is 13.2 Å². The minimum Gasteiger partial charge on any atom is -0.289 e. The van der Waals surface area contributed by atoms with Crippen LogP contribution in [0, 0.1) is 11.6 Å². The molecule has 20 heavy (non-hydrogen) atoms. The smallest absolute Gasteiger partial charge is 0.193 e.